The second-order valence-corrected chi connectivity index (χ2v) is 6.53. The van der Waals surface area contributed by atoms with Gasteiger partial charge in [-0.05, 0) is 43.4 Å². The van der Waals surface area contributed by atoms with E-state index in [-0.39, 0.29) is 22.0 Å². The number of methoxy groups -OCH3 is 1. The average Bonchev–Trinajstić information content (AvgIpc) is 3.10. The van der Waals surface area contributed by atoms with E-state index in [1.54, 1.807) is 19.1 Å². The van der Waals surface area contributed by atoms with E-state index in [1.807, 2.05) is 0 Å². The summed E-state index contributed by atoms with van der Waals surface area (Å²) in [5, 5.41) is 17.7. The van der Waals surface area contributed by atoms with Crippen molar-refractivity contribution in [1.29, 1.82) is 0 Å². The summed E-state index contributed by atoms with van der Waals surface area (Å²) < 4.78 is 10.7. The number of esters is 1. The normalized spacial score (nSPS) is 16.6. The van der Waals surface area contributed by atoms with Crippen LogP contribution in [0, 0.1) is 10.1 Å². The molecule has 1 aliphatic rings. The highest BCUT2D eigenvalue weighted by atomic mass is 35.5. The quantitative estimate of drug-likeness (QED) is 0.343. The van der Waals surface area contributed by atoms with E-state index in [1.165, 1.54) is 25.3 Å². The van der Waals surface area contributed by atoms with Gasteiger partial charge in [0.15, 0.2) is 5.11 Å². The number of hydrogen-bond donors (Lipinski definition) is 2. The molecule has 0 radical (unpaired) electrons. The van der Waals surface area contributed by atoms with Crippen LogP contribution in [0.2, 0.25) is 5.02 Å². The maximum atomic E-state index is 12.2. The standard InChI is InChI=1S/C17H14ClN3O5S/c1-8-14(16(22)25-2)15(20-17(27)19-8)13-6-5-12(26-13)10-4-3-9(18)7-11(10)21(23)24/h3-7,15H,1-2H3,(H2,19,20,27)/t15-/m1/s1. The van der Waals surface area contributed by atoms with E-state index < -0.39 is 16.9 Å². The van der Waals surface area contributed by atoms with Gasteiger partial charge in [-0.15, -0.1) is 0 Å². The Morgan fingerprint density at radius 2 is 2.11 bits per heavy atom. The Kier molecular flexibility index (Phi) is 5.15. The number of carbonyl (C=O) groups excluding carboxylic acids is 1. The number of carbonyl (C=O) groups is 1. The number of furan rings is 1. The van der Waals surface area contributed by atoms with E-state index in [0.717, 1.165) is 0 Å². The lowest BCUT2D eigenvalue weighted by molar-refractivity contribution is -0.384. The summed E-state index contributed by atoms with van der Waals surface area (Å²) in [4.78, 5) is 23.0. The van der Waals surface area contributed by atoms with Crippen molar-refractivity contribution in [2.24, 2.45) is 0 Å². The third-order valence-corrected chi connectivity index (χ3v) is 4.46. The maximum Gasteiger partial charge on any atom is 0.338 e. The molecule has 27 heavy (non-hydrogen) atoms. The van der Waals surface area contributed by atoms with Gasteiger partial charge in [-0.1, -0.05) is 11.6 Å². The molecule has 0 aliphatic carbocycles. The van der Waals surface area contributed by atoms with Gasteiger partial charge in [0.05, 0.1) is 23.2 Å². The minimum Gasteiger partial charge on any atom is -0.466 e. The molecular formula is C17H14ClN3O5S. The molecule has 0 fully saturated rings. The molecule has 0 saturated carbocycles. The molecule has 0 amide bonds. The van der Waals surface area contributed by atoms with Crippen molar-refractivity contribution in [3.63, 3.8) is 0 Å². The Bertz CT molecular complexity index is 985. The summed E-state index contributed by atoms with van der Waals surface area (Å²) >= 11 is 11.0. The molecule has 10 heteroatoms. The van der Waals surface area contributed by atoms with Crippen molar-refractivity contribution in [3.05, 3.63) is 62.5 Å². The highest BCUT2D eigenvalue weighted by Crippen LogP contribution is 2.36. The monoisotopic (exact) mass is 407 g/mol. The Hall–Kier alpha value is -2.91. The van der Waals surface area contributed by atoms with Crippen molar-refractivity contribution in [1.82, 2.24) is 10.6 Å². The number of benzene rings is 1. The zero-order valence-corrected chi connectivity index (χ0v) is 15.8. The fourth-order valence-electron chi connectivity index (χ4n) is 2.80. The number of halogens is 1. The van der Waals surface area contributed by atoms with Crippen LogP contribution in [-0.4, -0.2) is 23.1 Å². The summed E-state index contributed by atoms with van der Waals surface area (Å²) in [7, 11) is 1.28. The van der Waals surface area contributed by atoms with Gasteiger partial charge in [0.2, 0.25) is 0 Å². The van der Waals surface area contributed by atoms with Gasteiger partial charge in [0.1, 0.15) is 17.6 Å². The Labute approximate surface area is 164 Å². The molecule has 0 saturated heterocycles. The second-order valence-electron chi connectivity index (χ2n) is 5.68. The molecule has 1 aromatic carbocycles. The van der Waals surface area contributed by atoms with Crippen LogP contribution in [0.4, 0.5) is 5.69 Å². The lowest BCUT2D eigenvalue weighted by Crippen LogP contribution is -2.44. The predicted octanol–water partition coefficient (Wildman–Crippen LogP) is 3.47. The van der Waals surface area contributed by atoms with Gasteiger partial charge in [0.25, 0.3) is 5.69 Å². The van der Waals surface area contributed by atoms with Crippen LogP contribution in [0.15, 0.2) is 46.0 Å². The van der Waals surface area contributed by atoms with Crippen LogP contribution >= 0.6 is 23.8 Å². The first-order chi connectivity index (χ1) is 12.8. The number of nitro groups is 1. The summed E-state index contributed by atoms with van der Waals surface area (Å²) in [6.07, 6.45) is 0. The van der Waals surface area contributed by atoms with Crippen molar-refractivity contribution >= 4 is 40.6 Å². The second kappa shape index (κ2) is 7.37. The summed E-state index contributed by atoms with van der Waals surface area (Å²) in [5.74, 6) is 0.0785. The van der Waals surface area contributed by atoms with Gasteiger partial charge in [-0.25, -0.2) is 4.79 Å². The van der Waals surface area contributed by atoms with Crippen molar-refractivity contribution in [2.45, 2.75) is 13.0 Å². The average molecular weight is 408 g/mol. The molecule has 2 heterocycles. The largest absolute Gasteiger partial charge is 0.466 e. The summed E-state index contributed by atoms with van der Waals surface area (Å²) in [6, 6.07) is 6.81. The van der Waals surface area contributed by atoms with E-state index in [0.29, 0.717) is 22.1 Å². The van der Waals surface area contributed by atoms with E-state index in [2.05, 4.69) is 10.6 Å². The molecule has 2 aromatic rings. The predicted molar refractivity (Wildman–Crippen MR) is 102 cm³/mol. The van der Waals surface area contributed by atoms with Gasteiger partial charge >= 0.3 is 5.97 Å². The van der Waals surface area contributed by atoms with E-state index in [4.69, 9.17) is 33.0 Å². The third-order valence-electron chi connectivity index (χ3n) is 4.01. The fourth-order valence-corrected chi connectivity index (χ4v) is 3.24. The van der Waals surface area contributed by atoms with Crippen LogP contribution < -0.4 is 10.6 Å². The number of ether oxygens (including phenoxy) is 1. The fraction of sp³-hybridized carbons (Fsp3) is 0.176. The minimum absolute atomic E-state index is 0.183. The summed E-state index contributed by atoms with van der Waals surface area (Å²) in [6.45, 7) is 1.69. The van der Waals surface area contributed by atoms with E-state index >= 15 is 0 Å². The minimum atomic E-state index is -0.689. The highest BCUT2D eigenvalue weighted by molar-refractivity contribution is 7.80. The maximum absolute atomic E-state index is 12.2. The molecule has 0 bridgehead atoms. The topological polar surface area (TPSA) is 107 Å². The Morgan fingerprint density at radius 3 is 2.78 bits per heavy atom. The molecule has 1 aromatic heterocycles. The zero-order chi connectivity index (χ0) is 19.7. The highest BCUT2D eigenvalue weighted by Gasteiger charge is 2.33. The van der Waals surface area contributed by atoms with Crippen LogP contribution in [-0.2, 0) is 9.53 Å². The molecule has 0 unspecified atom stereocenters. The van der Waals surface area contributed by atoms with Gasteiger partial charge in [-0.2, -0.15) is 0 Å². The van der Waals surface area contributed by atoms with Crippen molar-refractivity contribution in [2.75, 3.05) is 7.11 Å². The molecule has 8 nitrogen and oxygen atoms in total. The number of allylic oxidation sites excluding steroid dienone is 1. The van der Waals surface area contributed by atoms with Crippen molar-refractivity contribution < 1.29 is 18.9 Å². The first kappa shape index (κ1) is 18.9. The molecule has 0 spiro atoms. The van der Waals surface area contributed by atoms with Gasteiger partial charge in [-0.3, -0.25) is 10.1 Å². The first-order valence-corrected chi connectivity index (χ1v) is 8.51. The molecule has 3 rings (SSSR count). The van der Waals surface area contributed by atoms with E-state index in [9.17, 15) is 14.9 Å². The Balaban J connectivity index is 2.05. The molecule has 140 valence electrons. The van der Waals surface area contributed by atoms with Gasteiger partial charge < -0.3 is 19.8 Å². The number of hydrogen-bond acceptors (Lipinski definition) is 6. The van der Waals surface area contributed by atoms with Crippen LogP contribution in [0.1, 0.15) is 18.7 Å². The zero-order valence-electron chi connectivity index (χ0n) is 14.2. The molecule has 2 N–H and O–H groups in total. The number of nitrogens with zero attached hydrogens (tertiary/aromatic N) is 1. The number of nitrogens with one attached hydrogen (secondary N) is 2. The number of thiocarbonyl (C=S) groups is 1. The molecular weight excluding hydrogens is 394 g/mol. The Morgan fingerprint density at radius 1 is 1.37 bits per heavy atom. The first-order valence-electron chi connectivity index (χ1n) is 7.72. The smallest absolute Gasteiger partial charge is 0.338 e. The van der Waals surface area contributed by atoms with Crippen LogP contribution in [0.25, 0.3) is 11.3 Å². The molecule has 1 atom stereocenters. The van der Waals surface area contributed by atoms with Crippen molar-refractivity contribution in [3.8, 4) is 11.3 Å². The lowest BCUT2D eigenvalue weighted by Gasteiger charge is -2.27. The van der Waals surface area contributed by atoms with Crippen LogP contribution in [0.3, 0.4) is 0 Å². The number of rotatable bonds is 4. The summed E-state index contributed by atoms with van der Waals surface area (Å²) in [5.41, 5.74) is 0.924. The lowest BCUT2D eigenvalue weighted by atomic mass is 10.0. The third kappa shape index (κ3) is 3.64. The number of nitro benzene ring substituents is 1. The SMILES string of the molecule is COC(=O)C1=C(C)NC(=S)N[C@@H]1c1ccc(-c2ccc(Cl)cc2[N+](=O)[O-])o1. The van der Waals surface area contributed by atoms with Crippen LogP contribution in [0.5, 0.6) is 0 Å². The van der Waals surface area contributed by atoms with Gasteiger partial charge in [0, 0.05) is 16.8 Å². The molecule has 1 aliphatic heterocycles.